The number of carbonyl (C=O) groups excluding carboxylic acids is 1. The molecule has 3 aromatic rings. The molecule has 118 valence electrons. The first-order valence-corrected chi connectivity index (χ1v) is 8.44. The molecule has 3 rings (SSSR count). The molecule has 0 radical (unpaired) electrons. The molecule has 0 aliphatic rings. The highest BCUT2D eigenvalue weighted by Crippen LogP contribution is 2.26. The molecular formula is C17H15ClN2O2S. The summed E-state index contributed by atoms with van der Waals surface area (Å²) >= 11 is 7.60. The molecule has 4 nitrogen and oxygen atoms in total. The SMILES string of the molecule is Cc1oc(-c2cccs2)nc1CCNC(=O)c1ccccc1Cl. The van der Waals surface area contributed by atoms with Gasteiger partial charge in [0, 0.05) is 13.0 Å². The Kier molecular flexibility index (Phi) is 4.79. The second kappa shape index (κ2) is 6.98. The number of hydrogen-bond donors (Lipinski definition) is 1. The maximum atomic E-state index is 12.1. The average molecular weight is 347 g/mol. The van der Waals surface area contributed by atoms with Gasteiger partial charge in [0.15, 0.2) is 0 Å². The lowest BCUT2D eigenvalue weighted by Crippen LogP contribution is -2.26. The molecule has 0 fully saturated rings. The molecule has 23 heavy (non-hydrogen) atoms. The van der Waals surface area contributed by atoms with E-state index in [9.17, 15) is 4.79 Å². The lowest BCUT2D eigenvalue weighted by atomic mass is 10.2. The topological polar surface area (TPSA) is 55.1 Å². The van der Waals surface area contributed by atoms with E-state index in [1.165, 1.54) is 0 Å². The van der Waals surface area contributed by atoms with Gasteiger partial charge in [0.25, 0.3) is 5.91 Å². The van der Waals surface area contributed by atoms with Crippen molar-refractivity contribution in [1.29, 1.82) is 0 Å². The van der Waals surface area contributed by atoms with Gasteiger partial charge in [-0.25, -0.2) is 4.98 Å². The van der Waals surface area contributed by atoms with Gasteiger partial charge in [0.2, 0.25) is 5.89 Å². The summed E-state index contributed by atoms with van der Waals surface area (Å²) in [5, 5.41) is 5.29. The third-order valence-electron chi connectivity index (χ3n) is 3.39. The first-order chi connectivity index (χ1) is 11.1. The van der Waals surface area contributed by atoms with Crippen LogP contribution in [0.5, 0.6) is 0 Å². The highest BCUT2D eigenvalue weighted by Gasteiger charge is 2.13. The highest BCUT2D eigenvalue weighted by atomic mass is 35.5. The maximum Gasteiger partial charge on any atom is 0.252 e. The van der Waals surface area contributed by atoms with E-state index >= 15 is 0 Å². The van der Waals surface area contributed by atoms with Gasteiger partial charge in [-0.2, -0.15) is 0 Å². The van der Waals surface area contributed by atoms with Crippen LogP contribution in [0.1, 0.15) is 21.8 Å². The molecule has 0 atom stereocenters. The van der Waals surface area contributed by atoms with Crippen molar-refractivity contribution < 1.29 is 9.21 Å². The normalized spacial score (nSPS) is 10.7. The number of benzene rings is 1. The van der Waals surface area contributed by atoms with Crippen LogP contribution in [0.4, 0.5) is 0 Å². The summed E-state index contributed by atoms with van der Waals surface area (Å²) in [5.74, 6) is 1.22. The van der Waals surface area contributed by atoms with Crippen molar-refractivity contribution in [3.63, 3.8) is 0 Å². The Labute approximate surface area is 143 Å². The van der Waals surface area contributed by atoms with E-state index in [1.54, 1.807) is 35.6 Å². The molecule has 1 aromatic carbocycles. The lowest BCUT2D eigenvalue weighted by Gasteiger charge is -2.05. The second-order valence-corrected chi connectivity index (χ2v) is 6.34. The number of nitrogens with one attached hydrogen (secondary N) is 1. The van der Waals surface area contributed by atoms with Crippen molar-refractivity contribution in [3.05, 3.63) is 63.8 Å². The highest BCUT2D eigenvalue weighted by molar-refractivity contribution is 7.13. The van der Waals surface area contributed by atoms with Gasteiger partial charge in [0.1, 0.15) is 5.76 Å². The number of thiophene rings is 1. The number of nitrogens with zero attached hydrogens (tertiary/aromatic N) is 1. The van der Waals surface area contributed by atoms with Crippen molar-refractivity contribution in [1.82, 2.24) is 10.3 Å². The van der Waals surface area contributed by atoms with Crippen molar-refractivity contribution in [3.8, 4) is 10.8 Å². The van der Waals surface area contributed by atoms with E-state index in [4.69, 9.17) is 16.0 Å². The lowest BCUT2D eigenvalue weighted by molar-refractivity contribution is 0.0954. The fourth-order valence-corrected chi connectivity index (χ4v) is 3.07. The molecule has 0 aliphatic heterocycles. The molecule has 2 aromatic heterocycles. The predicted octanol–water partition coefficient (Wildman–Crippen LogP) is 4.34. The van der Waals surface area contributed by atoms with Gasteiger partial charge in [-0.1, -0.05) is 29.8 Å². The maximum absolute atomic E-state index is 12.1. The van der Waals surface area contributed by atoms with Crippen LogP contribution in [0.3, 0.4) is 0 Å². The second-order valence-electron chi connectivity index (χ2n) is 4.98. The number of amides is 1. The minimum absolute atomic E-state index is 0.185. The smallest absolute Gasteiger partial charge is 0.252 e. The van der Waals surface area contributed by atoms with E-state index in [2.05, 4.69) is 10.3 Å². The predicted molar refractivity (Wildman–Crippen MR) is 92.0 cm³/mol. The Hall–Kier alpha value is -2.11. The largest absolute Gasteiger partial charge is 0.440 e. The Bertz CT molecular complexity index is 812. The van der Waals surface area contributed by atoms with Crippen molar-refractivity contribution in [2.45, 2.75) is 13.3 Å². The van der Waals surface area contributed by atoms with Crippen LogP contribution >= 0.6 is 22.9 Å². The van der Waals surface area contributed by atoms with Crippen LogP contribution in [-0.2, 0) is 6.42 Å². The zero-order valence-electron chi connectivity index (χ0n) is 12.5. The molecule has 0 saturated carbocycles. The quantitative estimate of drug-likeness (QED) is 0.747. The Morgan fingerprint density at radius 2 is 2.13 bits per heavy atom. The molecule has 0 unspecified atom stereocenters. The number of hydrogen-bond acceptors (Lipinski definition) is 4. The molecule has 0 bridgehead atoms. The average Bonchev–Trinajstić information content (AvgIpc) is 3.18. The molecule has 0 saturated heterocycles. The number of oxazole rings is 1. The number of aromatic nitrogens is 1. The molecule has 2 heterocycles. The molecule has 6 heteroatoms. The van der Waals surface area contributed by atoms with Gasteiger partial charge in [-0.05, 0) is 30.5 Å². The molecule has 1 N–H and O–H groups in total. The van der Waals surface area contributed by atoms with Gasteiger partial charge in [-0.15, -0.1) is 11.3 Å². The fraction of sp³-hybridized carbons (Fsp3) is 0.176. The first-order valence-electron chi connectivity index (χ1n) is 7.18. The summed E-state index contributed by atoms with van der Waals surface area (Å²) < 4.78 is 5.69. The summed E-state index contributed by atoms with van der Waals surface area (Å²) in [6.07, 6.45) is 0.608. The zero-order valence-corrected chi connectivity index (χ0v) is 14.1. The number of carbonyl (C=O) groups is 1. The van der Waals surface area contributed by atoms with E-state index in [1.807, 2.05) is 24.4 Å². The summed E-state index contributed by atoms with van der Waals surface area (Å²) in [6.45, 7) is 2.36. The molecule has 1 amide bonds. The Balaban J connectivity index is 1.61. The van der Waals surface area contributed by atoms with Gasteiger partial charge in [0.05, 0.1) is 21.2 Å². The number of halogens is 1. The van der Waals surface area contributed by atoms with Gasteiger partial charge in [-0.3, -0.25) is 4.79 Å². The van der Waals surface area contributed by atoms with E-state index in [-0.39, 0.29) is 5.91 Å². The summed E-state index contributed by atoms with van der Waals surface area (Å²) in [4.78, 5) is 17.6. The minimum Gasteiger partial charge on any atom is -0.440 e. The van der Waals surface area contributed by atoms with Crippen LogP contribution in [0, 0.1) is 6.92 Å². The number of aryl methyl sites for hydroxylation is 1. The zero-order chi connectivity index (χ0) is 16.2. The van der Waals surface area contributed by atoms with Gasteiger partial charge >= 0.3 is 0 Å². The molecular weight excluding hydrogens is 332 g/mol. The van der Waals surface area contributed by atoms with E-state index in [0.29, 0.717) is 29.4 Å². The van der Waals surface area contributed by atoms with Gasteiger partial charge < -0.3 is 9.73 Å². The Morgan fingerprint density at radius 1 is 1.30 bits per heavy atom. The van der Waals surface area contributed by atoms with Crippen LogP contribution in [0.2, 0.25) is 5.02 Å². The van der Waals surface area contributed by atoms with Crippen molar-refractivity contribution in [2.24, 2.45) is 0 Å². The van der Waals surface area contributed by atoms with E-state index < -0.39 is 0 Å². The molecule has 0 aliphatic carbocycles. The van der Waals surface area contributed by atoms with Crippen LogP contribution in [0.25, 0.3) is 10.8 Å². The summed E-state index contributed by atoms with van der Waals surface area (Å²) in [5.41, 5.74) is 1.33. The number of rotatable bonds is 5. The molecule has 0 spiro atoms. The van der Waals surface area contributed by atoms with Crippen LogP contribution in [-0.4, -0.2) is 17.4 Å². The van der Waals surface area contributed by atoms with Crippen molar-refractivity contribution in [2.75, 3.05) is 6.54 Å². The Morgan fingerprint density at radius 3 is 2.87 bits per heavy atom. The summed E-state index contributed by atoms with van der Waals surface area (Å²) in [6, 6.07) is 10.9. The first kappa shape index (κ1) is 15.8. The monoisotopic (exact) mass is 346 g/mol. The van der Waals surface area contributed by atoms with Crippen LogP contribution in [0.15, 0.2) is 46.2 Å². The fourth-order valence-electron chi connectivity index (χ4n) is 2.20. The van der Waals surface area contributed by atoms with E-state index in [0.717, 1.165) is 16.3 Å². The van der Waals surface area contributed by atoms with Crippen LogP contribution < -0.4 is 5.32 Å². The van der Waals surface area contributed by atoms with Crippen molar-refractivity contribution >= 4 is 28.8 Å². The third kappa shape index (κ3) is 3.63. The minimum atomic E-state index is -0.185. The summed E-state index contributed by atoms with van der Waals surface area (Å²) in [7, 11) is 0. The third-order valence-corrected chi connectivity index (χ3v) is 4.58. The standard InChI is InChI=1S/C17H15ClN2O2S/c1-11-14(20-17(22-11)15-7-4-10-23-15)8-9-19-16(21)12-5-2-3-6-13(12)18/h2-7,10H,8-9H2,1H3,(H,19,21).